The zero-order valence-corrected chi connectivity index (χ0v) is 14.0. The Morgan fingerprint density at radius 2 is 1.88 bits per heavy atom. The fourth-order valence-electron chi connectivity index (χ4n) is 3.15. The quantitative estimate of drug-likeness (QED) is 0.935. The van der Waals surface area contributed by atoms with Gasteiger partial charge in [-0.15, -0.1) is 0 Å². The van der Waals surface area contributed by atoms with Crippen LogP contribution in [0.15, 0.2) is 42.5 Å². The van der Waals surface area contributed by atoms with Gasteiger partial charge in [-0.25, -0.2) is 4.39 Å². The van der Waals surface area contributed by atoms with Gasteiger partial charge in [0.05, 0.1) is 11.7 Å². The van der Waals surface area contributed by atoms with Crippen LogP contribution in [0, 0.1) is 18.7 Å². The first-order valence-electron chi connectivity index (χ1n) is 8.29. The molecule has 0 radical (unpaired) electrons. The highest BCUT2D eigenvalue weighted by Crippen LogP contribution is 2.25. The van der Waals surface area contributed by atoms with Crippen molar-refractivity contribution in [1.82, 2.24) is 4.90 Å². The van der Waals surface area contributed by atoms with Gasteiger partial charge in [0.2, 0.25) is 0 Å². The predicted octanol–water partition coefficient (Wildman–Crippen LogP) is 3.64. The van der Waals surface area contributed by atoms with Gasteiger partial charge in [0, 0.05) is 19.0 Å². The molecule has 2 unspecified atom stereocenters. The molecule has 3 nitrogen and oxygen atoms in total. The van der Waals surface area contributed by atoms with E-state index in [-0.39, 0.29) is 17.4 Å². The average Bonchev–Trinajstić information content (AvgIpc) is 3.05. The smallest absolute Gasteiger partial charge is 0.256 e. The van der Waals surface area contributed by atoms with E-state index in [1.165, 1.54) is 6.07 Å². The van der Waals surface area contributed by atoms with Crippen LogP contribution in [0.1, 0.15) is 29.3 Å². The Morgan fingerprint density at radius 1 is 1.21 bits per heavy atom. The standard InChI is InChI=1S/C20H22FNO2/c1-13-3-5-15(6-4-13)16-7-8-18(19(21)11-16)20(24)22-10-9-17(12-22)14(2)23/h3-8,11,14,17,23H,9-10,12H2,1-2H3. The minimum atomic E-state index is -0.501. The van der Waals surface area contributed by atoms with Crippen LogP contribution < -0.4 is 0 Å². The van der Waals surface area contributed by atoms with Crippen LogP contribution in [0.2, 0.25) is 0 Å². The molecule has 1 heterocycles. The minimum absolute atomic E-state index is 0.0730. The van der Waals surface area contributed by atoms with Gasteiger partial charge in [-0.1, -0.05) is 35.9 Å². The molecule has 1 N–H and O–H groups in total. The number of carbonyl (C=O) groups excluding carboxylic acids is 1. The molecule has 4 heteroatoms. The highest BCUT2D eigenvalue weighted by atomic mass is 19.1. The molecule has 0 saturated carbocycles. The molecule has 1 saturated heterocycles. The first-order valence-corrected chi connectivity index (χ1v) is 8.29. The van der Waals surface area contributed by atoms with Crippen molar-refractivity contribution in [3.63, 3.8) is 0 Å². The van der Waals surface area contributed by atoms with Crippen molar-refractivity contribution < 1.29 is 14.3 Å². The number of likely N-dealkylation sites (tertiary alicyclic amines) is 1. The lowest BCUT2D eigenvalue weighted by Gasteiger charge is -2.18. The zero-order chi connectivity index (χ0) is 17.3. The van der Waals surface area contributed by atoms with Gasteiger partial charge < -0.3 is 10.0 Å². The highest BCUT2D eigenvalue weighted by molar-refractivity contribution is 5.95. The molecule has 1 fully saturated rings. The molecule has 1 aliphatic rings. The number of hydrogen-bond donors (Lipinski definition) is 1. The number of halogens is 1. The summed E-state index contributed by atoms with van der Waals surface area (Å²) in [5, 5.41) is 9.65. The van der Waals surface area contributed by atoms with Crippen LogP contribution in [-0.4, -0.2) is 35.1 Å². The third kappa shape index (κ3) is 3.34. The van der Waals surface area contributed by atoms with E-state index >= 15 is 0 Å². The molecule has 3 rings (SSSR count). The maximum Gasteiger partial charge on any atom is 0.256 e. The normalized spacial score (nSPS) is 18.7. The molecule has 2 aromatic carbocycles. The molecule has 126 valence electrons. The Bertz CT molecular complexity index is 740. The zero-order valence-electron chi connectivity index (χ0n) is 14.0. The van der Waals surface area contributed by atoms with Gasteiger partial charge in [0.25, 0.3) is 5.91 Å². The van der Waals surface area contributed by atoms with Crippen LogP contribution >= 0.6 is 0 Å². The van der Waals surface area contributed by atoms with E-state index < -0.39 is 11.9 Å². The molecule has 0 spiro atoms. The van der Waals surface area contributed by atoms with Crippen molar-refractivity contribution in [1.29, 1.82) is 0 Å². The Morgan fingerprint density at radius 3 is 2.46 bits per heavy atom. The first kappa shape index (κ1) is 16.7. The van der Waals surface area contributed by atoms with Crippen molar-refractivity contribution in [2.75, 3.05) is 13.1 Å². The third-order valence-electron chi connectivity index (χ3n) is 4.78. The Labute approximate surface area is 141 Å². The van der Waals surface area contributed by atoms with E-state index in [9.17, 15) is 14.3 Å². The largest absolute Gasteiger partial charge is 0.393 e. The minimum Gasteiger partial charge on any atom is -0.393 e. The highest BCUT2D eigenvalue weighted by Gasteiger charge is 2.30. The Hall–Kier alpha value is -2.20. The fraction of sp³-hybridized carbons (Fsp3) is 0.350. The molecule has 0 aromatic heterocycles. The Balaban J connectivity index is 1.80. The molecule has 2 aromatic rings. The van der Waals surface area contributed by atoms with Gasteiger partial charge in [0.1, 0.15) is 5.82 Å². The van der Waals surface area contributed by atoms with Gasteiger partial charge in [-0.05, 0) is 43.5 Å². The molecule has 1 amide bonds. The van der Waals surface area contributed by atoms with Crippen molar-refractivity contribution in [2.24, 2.45) is 5.92 Å². The molecule has 0 aliphatic carbocycles. The summed E-state index contributed by atoms with van der Waals surface area (Å²) in [5.41, 5.74) is 2.92. The SMILES string of the molecule is Cc1ccc(-c2ccc(C(=O)N3CCC(C(C)O)C3)c(F)c2)cc1. The average molecular weight is 327 g/mol. The summed E-state index contributed by atoms with van der Waals surface area (Å²) >= 11 is 0. The number of aliphatic hydroxyl groups excluding tert-OH is 1. The van der Waals surface area contributed by atoms with Gasteiger partial charge >= 0.3 is 0 Å². The topological polar surface area (TPSA) is 40.5 Å². The number of amides is 1. The summed E-state index contributed by atoms with van der Waals surface area (Å²) in [4.78, 5) is 14.2. The number of nitrogens with zero attached hydrogens (tertiary/aromatic N) is 1. The molecular formula is C20H22FNO2. The molecule has 0 bridgehead atoms. The molecule has 24 heavy (non-hydrogen) atoms. The number of aliphatic hydroxyl groups is 1. The summed E-state index contributed by atoms with van der Waals surface area (Å²) in [6, 6.07) is 12.6. The summed E-state index contributed by atoms with van der Waals surface area (Å²) in [6.45, 7) is 4.78. The number of aryl methyl sites for hydroxylation is 1. The van der Waals surface area contributed by atoms with E-state index in [0.717, 1.165) is 23.1 Å². The maximum atomic E-state index is 14.5. The van der Waals surface area contributed by atoms with E-state index in [4.69, 9.17) is 0 Å². The third-order valence-corrected chi connectivity index (χ3v) is 4.78. The molecule has 2 atom stereocenters. The lowest BCUT2D eigenvalue weighted by Crippen LogP contribution is -2.31. The number of hydrogen-bond acceptors (Lipinski definition) is 2. The number of carbonyl (C=O) groups is 1. The van der Waals surface area contributed by atoms with Crippen molar-refractivity contribution in [3.05, 3.63) is 59.4 Å². The van der Waals surface area contributed by atoms with Crippen LogP contribution in [-0.2, 0) is 0 Å². The Kier molecular flexibility index (Phi) is 4.67. The lowest BCUT2D eigenvalue weighted by atomic mass is 10.0. The second kappa shape index (κ2) is 6.73. The van der Waals surface area contributed by atoms with Gasteiger partial charge in [-0.2, -0.15) is 0 Å². The van der Waals surface area contributed by atoms with Crippen LogP contribution in [0.3, 0.4) is 0 Å². The second-order valence-electron chi connectivity index (χ2n) is 6.60. The summed E-state index contributed by atoms with van der Waals surface area (Å²) in [5.74, 6) is -0.728. The van der Waals surface area contributed by atoms with Crippen molar-refractivity contribution in [2.45, 2.75) is 26.4 Å². The predicted molar refractivity (Wildman–Crippen MR) is 92.3 cm³/mol. The number of rotatable bonds is 3. The van der Waals surface area contributed by atoms with Crippen molar-refractivity contribution in [3.8, 4) is 11.1 Å². The lowest BCUT2D eigenvalue weighted by molar-refractivity contribution is 0.0758. The molecule has 1 aliphatic heterocycles. The number of benzene rings is 2. The second-order valence-corrected chi connectivity index (χ2v) is 6.60. The van der Waals surface area contributed by atoms with Crippen LogP contribution in [0.5, 0.6) is 0 Å². The van der Waals surface area contributed by atoms with Gasteiger partial charge in [0.15, 0.2) is 0 Å². The van der Waals surface area contributed by atoms with Gasteiger partial charge in [-0.3, -0.25) is 4.79 Å². The summed E-state index contributed by atoms with van der Waals surface area (Å²) in [7, 11) is 0. The van der Waals surface area contributed by atoms with Crippen molar-refractivity contribution >= 4 is 5.91 Å². The van der Waals surface area contributed by atoms with Crippen LogP contribution in [0.4, 0.5) is 4.39 Å². The van der Waals surface area contributed by atoms with E-state index in [1.807, 2.05) is 31.2 Å². The maximum absolute atomic E-state index is 14.5. The van der Waals surface area contributed by atoms with Crippen LogP contribution in [0.25, 0.3) is 11.1 Å². The van der Waals surface area contributed by atoms with E-state index in [0.29, 0.717) is 13.1 Å². The van der Waals surface area contributed by atoms with E-state index in [1.54, 1.807) is 24.0 Å². The fourth-order valence-corrected chi connectivity index (χ4v) is 3.15. The monoisotopic (exact) mass is 327 g/mol. The van der Waals surface area contributed by atoms with E-state index in [2.05, 4.69) is 0 Å². The summed E-state index contributed by atoms with van der Waals surface area (Å²) < 4.78 is 14.5. The summed E-state index contributed by atoms with van der Waals surface area (Å²) in [6.07, 6.45) is 0.309. The molecular weight excluding hydrogens is 305 g/mol. The first-order chi connectivity index (χ1) is 11.5.